The van der Waals surface area contributed by atoms with Crippen molar-refractivity contribution in [2.24, 2.45) is 0 Å². The first-order valence-electron chi connectivity index (χ1n) is 9.57. The number of unbranched alkanes of at least 4 members (excludes halogenated alkanes) is 1. The summed E-state index contributed by atoms with van der Waals surface area (Å²) in [5, 5.41) is 2.59. The molecule has 0 radical (unpaired) electrons. The second-order valence-electron chi connectivity index (χ2n) is 6.78. The Morgan fingerprint density at radius 2 is 1.89 bits per heavy atom. The summed E-state index contributed by atoms with van der Waals surface area (Å²) < 4.78 is 1.11. The summed E-state index contributed by atoms with van der Waals surface area (Å²) in [5.41, 5.74) is 1.55. The van der Waals surface area contributed by atoms with E-state index in [-0.39, 0.29) is 0 Å². The molecule has 1 aliphatic rings. The second-order valence-corrected chi connectivity index (χ2v) is 10.9. The van der Waals surface area contributed by atoms with Gasteiger partial charge in [0.1, 0.15) is 15.7 Å². The van der Waals surface area contributed by atoms with Crippen LogP contribution in [0.25, 0.3) is 10.2 Å². The van der Waals surface area contributed by atoms with Gasteiger partial charge in [-0.3, -0.25) is 0 Å². The van der Waals surface area contributed by atoms with Crippen molar-refractivity contribution >= 4 is 61.0 Å². The summed E-state index contributed by atoms with van der Waals surface area (Å²) in [5.74, 6) is 2.93. The molecule has 27 heavy (non-hydrogen) atoms. The van der Waals surface area contributed by atoms with Crippen molar-refractivity contribution in [2.45, 2.75) is 61.1 Å². The fourth-order valence-corrected chi connectivity index (χ4v) is 6.85. The van der Waals surface area contributed by atoms with Crippen molar-refractivity contribution in [1.29, 1.82) is 0 Å². The third-order valence-electron chi connectivity index (χ3n) is 4.75. The van der Waals surface area contributed by atoms with Crippen LogP contribution in [0.4, 0.5) is 0 Å². The quantitative estimate of drug-likeness (QED) is 0.199. The Morgan fingerprint density at radius 1 is 1.07 bits per heavy atom. The predicted octanol–water partition coefficient (Wildman–Crippen LogP) is 7.52. The Bertz CT molecular complexity index is 921. The minimum Gasteiger partial charge on any atom is -0.225 e. The molecule has 6 heteroatoms. The average molecular weight is 480 g/mol. The van der Waals surface area contributed by atoms with Crippen LogP contribution in [0.15, 0.2) is 38.7 Å². The molecule has 0 saturated carbocycles. The molecule has 0 atom stereocenters. The minimum absolute atomic E-state index is 0.821. The maximum absolute atomic E-state index is 5.01. The normalized spacial score (nSPS) is 13.9. The van der Waals surface area contributed by atoms with Crippen molar-refractivity contribution < 1.29 is 0 Å². The van der Waals surface area contributed by atoms with Crippen molar-refractivity contribution in [2.75, 3.05) is 5.75 Å². The molecular weight excluding hydrogens is 456 g/mol. The topological polar surface area (TPSA) is 25.8 Å². The number of thioether (sulfide) groups is 2. The Morgan fingerprint density at radius 3 is 2.70 bits per heavy atom. The Balaban J connectivity index is 1.63. The number of halogens is 1. The van der Waals surface area contributed by atoms with Gasteiger partial charge in [0.05, 0.1) is 5.75 Å². The van der Waals surface area contributed by atoms with E-state index in [0.29, 0.717) is 0 Å². The van der Waals surface area contributed by atoms with Crippen molar-refractivity contribution in [3.8, 4) is 0 Å². The summed E-state index contributed by atoms with van der Waals surface area (Å²) in [6.07, 6.45) is 7.52. The van der Waals surface area contributed by atoms with Gasteiger partial charge in [-0.25, -0.2) is 9.97 Å². The molecule has 0 N–H and O–H groups in total. The highest BCUT2D eigenvalue weighted by molar-refractivity contribution is 9.10. The van der Waals surface area contributed by atoms with Gasteiger partial charge >= 0.3 is 0 Å². The summed E-state index contributed by atoms with van der Waals surface area (Å²) in [4.78, 5) is 14.0. The van der Waals surface area contributed by atoms with E-state index in [1.165, 1.54) is 58.7 Å². The van der Waals surface area contributed by atoms with Gasteiger partial charge in [0.15, 0.2) is 0 Å². The van der Waals surface area contributed by atoms with Crippen LogP contribution >= 0.6 is 50.8 Å². The summed E-state index contributed by atoms with van der Waals surface area (Å²) in [6, 6.07) is 8.47. The molecule has 2 heterocycles. The number of hydrogen-bond acceptors (Lipinski definition) is 5. The van der Waals surface area contributed by atoms with Crippen LogP contribution in [0.2, 0.25) is 0 Å². The third-order valence-corrected chi connectivity index (χ3v) is 8.53. The lowest BCUT2D eigenvalue weighted by atomic mass is 9.97. The first-order valence-corrected chi connectivity index (χ1v) is 13.1. The third kappa shape index (κ3) is 4.72. The number of rotatable bonds is 7. The molecule has 0 aliphatic heterocycles. The average Bonchev–Trinajstić information content (AvgIpc) is 3.06. The molecule has 4 rings (SSSR count). The van der Waals surface area contributed by atoms with E-state index in [0.717, 1.165) is 21.8 Å². The van der Waals surface area contributed by atoms with Crippen LogP contribution in [0.3, 0.4) is 0 Å². The van der Waals surface area contributed by atoms with Crippen LogP contribution < -0.4 is 0 Å². The van der Waals surface area contributed by atoms with Crippen LogP contribution in [0.5, 0.6) is 0 Å². The number of hydrogen-bond donors (Lipinski definition) is 0. The molecule has 0 spiro atoms. The molecule has 1 aliphatic carbocycles. The van der Waals surface area contributed by atoms with Crippen LogP contribution in [0, 0.1) is 0 Å². The lowest BCUT2D eigenvalue weighted by Crippen LogP contribution is -2.00. The van der Waals surface area contributed by atoms with Gasteiger partial charge < -0.3 is 0 Å². The summed E-state index contributed by atoms with van der Waals surface area (Å²) in [7, 11) is 0. The summed E-state index contributed by atoms with van der Waals surface area (Å²) >= 11 is 9.15. The van der Waals surface area contributed by atoms with Crippen LogP contribution in [-0.2, 0) is 18.6 Å². The van der Waals surface area contributed by atoms with E-state index in [1.807, 2.05) is 34.9 Å². The molecule has 1 aromatic carbocycles. The van der Waals surface area contributed by atoms with Gasteiger partial charge in [0, 0.05) is 19.6 Å². The second kappa shape index (κ2) is 9.29. The SMILES string of the molecule is CCCCSc1nc(CSc2ccc(Br)cc2)nc2sc3c(c12)CCCC3. The molecule has 2 aromatic heterocycles. The molecule has 0 fully saturated rings. The zero-order valence-corrected chi connectivity index (χ0v) is 19.5. The molecule has 0 saturated heterocycles. The van der Waals surface area contributed by atoms with E-state index >= 15 is 0 Å². The predicted molar refractivity (Wildman–Crippen MR) is 123 cm³/mol. The smallest absolute Gasteiger partial charge is 0.141 e. The number of aromatic nitrogens is 2. The molecule has 0 bridgehead atoms. The fourth-order valence-electron chi connectivity index (χ4n) is 3.33. The van der Waals surface area contributed by atoms with E-state index in [1.54, 1.807) is 10.4 Å². The van der Waals surface area contributed by atoms with Gasteiger partial charge in [-0.2, -0.15) is 0 Å². The first-order chi connectivity index (χ1) is 13.2. The van der Waals surface area contributed by atoms with Gasteiger partial charge in [-0.1, -0.05) is 29.3 Å². The highest BCUT2D eigenvalue weighted by Crippen LogP contribution is 2.40. The maximum atomic E-state index is 5.01. The van der Waals surface area contributed by atoms with Crippen LogP contribution in [-0.4, -0.2) is 15.7 Å². The van der Waals surface area contributed by atoms with Gasteiger partial charge in [0.2, 0.25) is 0 Å². The largest absolute Gasteiger partial charge is 0.225 e. The van der Waals surface area contributed by atoms with E-state index < -0.39 is 0 Å². The highest BCUT2D eigenvalue weighted by atomic mass is 79.9. The molecule has 3 aromatic rings. The van der Waals surface area contributed by atoms with E-state index in [2.05, 4.69) is 47.1 Å². The molecule has 0 amide bonds. The van der Waals surface area contributed by atoms with Crippen molar-refractivity contribution in [3.05, 3.63) is 45.0 Å². The van der Waals surface area contributed by atoms with E-state index in [4.69, 9.17) is 9.97 Å². The number of fused-ring (bicyclic) bond motifs is 3. The molecule has 0 unspecified atom stereocenters. The Kier molecular flexibility index (Phi) is 6.79. The fraction of sp³-hybridized carbons (Fsp3) is 0.429. The number of thiophene rings is 1. The Labute approximate surface area is 182 Å². The zero-order valence-electron chi connectivity index (χ0n) is 15.5. The minimum atomic E-state index is 0.821. The Hall–Kier alpha value is -0.560. The van der Waals surface area contributed by atoms with Crippen LogP contribution in [0.1, 0.15) is 48.9 Å². The molecule has 2 nitrogen and oxygen atoms in total. The highest BCUT2D eigenvalue weighted by Gasteiger charge is 2.21. The van der Waals surface area contributed by atoms with E-state index in [9.17, 15) is 0 Å². The molecular formula is C21H23BrN2S3. The maximum Gasteiger partial charge on any atom is 0.141 e. The van der Waals surface area contributed by atoms with Crippen molar-refractivity contribution in [1.82, 2.24) is 9.97 Å². The standard InChI is InChI=1S/C21H23BrN2S3/c1-2-3-12-25-20-19-16-6-4-5-7-17(16)27-21(19)24-18(23-20)13-26-15-10-8-14(22)9-11-15/h8-11H,2-7,12-13H2,1H3. The van der Waals surface area contributed by atoms with Gasteiger partial charge in [0.25, 0.3) is 0 Å². The lowest BCUT2D eigenvalue weighted by Gasteiger charge is -2.12. The number of aryl methyl sites for hydroxylation is 2. The molecule has 142 valence electrons. The lowest BCUT2D eigenvalue weighted by molar-refractivity contribution is 0.699. The van der Waals surface area contributed by atoms with Gasteiger partial charge in [-0.05, 0) is 67.7 Å². The van der Waals surface area contributed by atoms with Gasteiger partial charge in [-0.15, -0.1) is 34.9 Å². The van der Waals surface area contributed by atoms with Crippen molar-refractivity contribution in [3.63, 3.8) is 0 Å². The zero-order chi connectivity index (χ0) is 18.6. The summed E-state index contributed by atoms with van der Waals surface area (Å²) in [6.45, 7) is 2.25. The monoisotopic (exact) mass is 478 g/mol. The number of nitrogens with zero attached hydrogens (tertiary/aromatic N) is 2. The number of benzene rings is 1. The first kappa shape index (κ1) is 19.7.